The van der Waals surface area contributed by atoms with Crippen molar-refractivity contribution in [1.82, 2.24) is 25.6 Å². The van der Waals surface area contributed by atoms with E-state index in [0.717, 1.165) is 18.6 Å². The minimum absolute atomic E-state index is 0.0291. The molecule has 1 amide bonds. The molecule has 6 nitrogen and oxygen atoms in total. The normalized spacial score (nSPS) is 21.8. The maximum atomic E-state index is 13.6. The third kappa shape index (κ3) is 4.86. The van der Waals surface area contributed by atoms with Crippen molar-refractivity contribution in [3.8, 4) is 11.1 Å². The molecule has 0 spiro atoms. The standard InChI is InChI=1S/C18H17F6N5O/c1-8-12(19)3-13(29-8)16(30)26-5-10-2-9(4-25-14(10)15(20)21)11-6-27-17(28-7-11)18(22,23)24/h2,4,6-8,12-13,15,29H,3,5H2,1H3,(H,26,30)/t8-,12-,13-/m1/s1. The lowest BCUT2D eigenvalue weighted by Gasteiger charge is -2.14. The molecule has 2 aromatic heterocycles. The number of pyridine rings is 1. The molecule has 3 heterocycles. The smallest absolute Gasteiger partial charge is 0.351 e. The minimum Gasteiger partial charge on any atom is -0.351 e. The van der Waals surface area contributed by atoms with Crippen molar-refractivity contribution in [3.05, 3.63) is 41.7 Å². The Hall–Kier alpha value is -2.76. The van der Waals surface area contributed by atoms with Gasteiger partial charge in [-0.2, -0.15) is 13.2 Å². The van der Waals surface area contributed by atoms with Crippen molar-refractivity contribution in [1.29, 1.82) is 0 Å². The molecule has 1 aliphatic rings. The molecule has 0 aliphatic carbocycles. The summed E-state index contributed by atoms with van der Waals surface area (Å²) in [6, 6.07) is -0.0184. The molecular weight excluding hydrogens is 416 g/mol. The quantitative estimate of drug-likeness (QED) is 0.708. The molecule has 3 rings (SSSR count). The van der Waals surface area contributed by atoms with E-state index in [9.17, 15) is 31.1 Å². The summed E-state index contributed by atoms with van der Waals surface area (Å²) in [4.78, 5) is 22.3. The number of nitrogens with zero attached hydrogens (tertiary/aromatic N) is 3. The maximum Gasteiger partial charge on any atom is 0.451 e. The first-order valence-corrected chi connectivity index (χ1v) is 8.90. The zero-order valence-corrected chi connectivity index (χ0v) is 15.6. The number of carbonyl (C=O) groups excluding carboxylic acids is 1. The first-order valence-electron chi connectivity index (χ1n) is 8.90. The second-order valence-corrected chi connectivity index (χ2v) is 6.84. The summed E-state index contributed by atoms with van der Waals surface area (Å²) in [6.07, 6.45) is -6.00. The van der Waals surface area contributed by atoms with E-state index in [1.165, 1.54) is 6.07 Å². The lowest BCUT2D eigenvalue weighted by Crippen LogP contribution is -2.42. The molecule has 2 N–H and O–H groups in total. The lowest BCUT2D eigenvalue weighted by molar-refractivity contribution is -0.145. The van der Waals surface area contributed by atoms with Crippen LogP contribution in [0.25, 0.3) is 11.1 Å². The van der Waals surface area contributed by atoms with E-state index in [4.69, 9.17) is 0 Å². The second-order valence-electron chi connectivity index (χ2n) is 6.84. The maximum absolute atomic E-state index is 13.6. The first-order chi connectivity index (χ1) is 14.1. The zero-order valence-electron chi connectivity index (χ0n) is 15.6. The number of carbonyl (C=O) groups is 1. The number of aromatic nitrogens is 3. The fourth-order valence-corrected chi connectivity index (χ4v) is 3.05. The summed E-state index contributed by atoms with van der Waals surface area (Å²) < 4.78 is 77.9. The van der Waals surface area contributed by atoms with Gasteiger partial charge in [0.15, 0.2) is 0 Å². The molecule has 3 atom stereocenters. The minimum atomic E-state index is -4.71. The highest BCUT2D eigenvalue weighted by molar-refractivity contribution is 5.82. The number of alkyl halides is 6. The van der Waals surface area contributed by atoms with Crippen LogP contribution in [-0.4, -0.2) is 39.1 Å². The van der Waals surface area contributed by atoms with Crippen LogP contribution < -0.4 is 10.6 Å². The van der Waals surface area contributed by atoms with Gasteiger partial charge < -0.3 is 10.6 Å². The van der Waals surface area contributed by atoms with E-state index in [1.54, 1.807) is 6.92 Å². The molecule has 12 heteroatoms. The Balaban J connectivity index is 1.79. The van der Waals surface area contributed by atoms with Crippen LogP contribution in [0, 0.1) is 0 Å². The molecule has 30 heavy (non-hydrogen) atoms. The van der Waals surface area contributed by atoms with E-state index >= 15 is 0 Å². The Morgan fingerprint density at radius 3 is 2.37 bits per heavy atom. The highest BCUT2D eigenvalue weighted by Crippen LogP contribution is 2.29. The van der Waals surface area contributed by atoms with Gasteiger partial charge in [0.1, 0.15) is 11.9 Å². The Labute approximate surface area is 167 Å². The van der Waals surface area contributed by atoms with Gasteiger partial charge in [0.2, 0.25) is 11.7 Å². The Morgan fingerprint density at radius 2 is 1.83 bits per heavy atom. The molecule has 162 valence electrons. The van der Waals surface area contributed by atoms with E-state index < -0.39 is 48.3 Å². The fourth-order valence-electron chi connectivity index (χ4n) is 3.05. The van der Waals surface area contributed by atoms with Crippen LogP contribution in [0.4, 0.5) is 26.3 Å². The topological polar surface area (TPSA) is 79.8 Å². The molecule has 1 fully saturated rings. The number of hydrogen-bond donors (Lipinski definition) is 2. The summed E-state index contributed by atoms with van der Waals surface area (Å²) in [6.45, 7) is 1.27. The molecule has 1 aliphatic heterocycles. The van der Waals surface area contributed by atoms with Crippen LogP contribution in [0.3, 0.4) is 0 Å². The van der Waals surface area contributed by atoms with Crippen LogP contribution in [0.1, 0.15) is 36.9 Å². The van der Waals surface area contributed by atoms with Crippen LogP contribution >= 0.6 is 0 Å². The highest BCUT2D eigenvalue weighted by atomic mass is 19.4. The van der Waals surface area contributed by atoms with Gasteiger partial charge >= 0.3 is 6.18 Å². The van der Waals surface area contributed by atoms with Gasteiger partial charge in [0.05, 0.1) is 6.04 Å². The largest absolute Gasteiger partial charge is 0.451 e. The molecule has 2 aromatic rings. The molecular formula is C18H17F6N5O. The number of halogens is 6. The van der Waals surface area contributed by atoms with E-state index in [2.05, 4.69) is 25.6 Å². The van der Waals surface area contributed by atoms with Crippen LogP contribution in [0.2, 0.25) is 0 Å². The summed E-state index contributed by atoms with van der Waals surface area (Å²) in [5.74, 6) is -1.88. The molecule has 0 saturated carbocycles. The van der Waals surface area contributed by atoms with Crippen molar-refractivity contribution < 1.29 is 31.1 Å². The van der Waals surface area contributed by atoms with Gasteiger partial charge in [-0.1, -0.05) is 0 Å². The van der Waals surface area contributed by atoms with Crippen molar-refractivity contribution in [2.24, 2.45) is 0 Å². The number of nitrogens with one attached hydrogen (secondary N) is 2. The Kier molecular flexibility index (Phi) is 6.25. The Bertz CT molecular complexity index is 895. The van der Waals surface area contributed by atoms with Crippen LogP contribution in [-0.2, 0) is 17.5 Å². The molecule has 0 aromatic carbocycles. The molecule has 0 bridgehead atoms. The highest BCUT2D eigenvalue weighted by Gasteiger charge is 2.35. The summed E-state index contributed by atoms with van der Waals surface area (Å²) in [5, 5.41) is 5.24. The van der Waals surface area contributed by atoms with Gasteiger partial charge in [0, 0.05) is 48.7 Å². The number of rotatable bonds is 5. The van der Waals surface area contributed by atoms with Crippen molar-refractivity contribution in [2.45, 2.75) is 50.7 Å². The van der Waals surface area contributed by atoms with Crippen molar-refractivity contribution in [3.63, 3.8) is 0 Å². The molecule has 1 saturated heterocycles. The number of amides is 1. The van der Waals surface area contributed by atoms with Gasteiger partial charge in [-0.05, 0) is 18.6 Å². The fraction of sp³-hybridized carbons (Fsp3) is 0.444. The van der Waals surface area contributed by atoms with E-state index in [0.29, 0.717) is 0 Å². The van der Waals surface area contributed by atoms with Crippen LogP contribution in [0.15, 0.2) is 24.7 Å². The first kappa shape index (κ1) is 21.9. The SMILES string of the molecule is C[C@H]1N[C@@H](C(=O)NCc2cc(-c3cnc(C(F)(F)F)nc3)cnc2C(F)F)C[C@H]1F. The number of hydrogen-bond acceptors (Lipinski definition) is 5. The van der Waals surface area contributed by atoms with Crippen molar-refractivity contribution >= 4 is 5.91 Å². The average Bonchev–Trinajstić information content (AvgIpc) is 3.04. The van der Waals surface area contributed by atoms with E-state index in [-0.39, 0.29) is 29.7 Å². The predicted octanol–water partition coefficient (Wildman–Crippen LogP) is 3.20. The summed E-state index contributed by atoms with van der Waals surface area (Å²) >= 11 is 0. The Morgan fingerprint density at radius 1 is 1.20 bits per heavy atom. The molecule has 0 radical (unpaired) electrons. The third-order valence-electron chi connectivity index (χ3n) is 4.68. The summed E-state index contributed by atoms with van der Waals surface area (Å²) in [7, 11) is 0. The van der Waals surface area contributed by atoms with E-state index in [1.807, 2.05) is 0 Å². The van der Waals surface area contributed by atoms with Crippen molar-refractivity contribution in [2.75, 3.05) is 0 Å². The summed E-state index contributed by atoms with van der Waals surface area (Å²) in [5.41, 5.74) is -0.272. The van der Waals surface area contributed by atoms with Gasteiger partial charge in [-0.25, -0.2) is 23.1 Å². The average molecular weight is 433 g/mol. The zero-order chi connectivity index (χ0) is 22.1. The molecule has 0 unspecified atom stereocenters. The predicted molar refractivity (Wildman–Crippen MR) is 93.0 cm³/mol. The van der Waals surface area contributed by atoms with Gasteiger partial charge in [-0.3, -0.25) is 9.78 Å². The second kappa shape index (κ2) is 8.54. The monoisotopic (exact) mass is 433 g/mol. The lowest BCUT2D eigenvalue weighted by atomic mass is 10.1. The van der Waals surface area contributed by atoms with Crippen LogP contribution in [0.5, 0.6) is 0 Å². The van der Waals surface area contributed by atoms with Gasteiger partial charge in [0.25, 0.3) is 6.43 Å². The third-order valence-corrected chi connectivity index (χ3v) is 4.68. The van der Waals surface area contributed by atoms with Gasteiger partial charge in [-0.15, -0.1) is 0 Å².